The Bertz CT molecular complexity index is 2370. The van der Waals surface area contributed by atoms with Crippen LogP contribution in [0.3, 0.4) is 0 Å². The summed E-state index contributed by atoms with van der Waals surface area (Å²) in [6.45, 7) is 5.50. The van der Waals surface area contributed by atoms with E-state index in [1.807, 2.05) is 49.4 Å². The van der Waals surface area contributed by atoms with Gasteiger partial charge in [0.2, 0.25) is 0 Å². The molecule has 0 amide bonds. The number of pyridine rings is 2. The number of likely N-dealkylation sites (tertiary alicyclic amines) is 2. The summed E-state index contributed by atoms with van der Waals surface area (Å²) in [7, 11) is 1.60. The van der Waals surface area contributed by atoms with Crippen molar-refractivity contribution >= 4 is 39.4 Å². The second kappa shape index (κ2) is 14.6. The highest BCUT2D eigenvalue weighted by Crippen LogP contribution is 2.37. The summed E-state index contributed by atoms with van der Waals surface area (Å²) < 4.78 is 35.6. The van der Waals surface area contributed by atoms with E-state index in [1.165, 1.54) is 0 Å². The van der Waals surface area contributed by atoms with Crippen LogP contribution >= 0.6 is 0 Å². The molecule has 4 aromatic heterocycles. The number of carboxylic acid groups (broad SMARTS) is 1. The maximum atomic E-state index is 14.1. The van der Waals surface area contributed by atoms with Gasteiger partial charge in [-0.3, -0.25) is 19.6 Å². The van der Waals surface area contributed by atoms with E-state index in [1.54, 1.807) is 36.4 Å². The van der Waals surface area contributed by atoms with Gasteiger partial charge in [0.05, 0.1) is 36.4 Å². The number of aromatic nitrogens is 6. The summed E-state index contributed by atoms with van der Waals surface area (Å²) in [6.07, 6.45) is 3.31. The molecule has 2 fully saturated rings. The number of aliphatic hydroxyl groups is 1. The number of carboxylic acids is 1. The molecule has 278 valence electrons. The van der Waals surface area contributed by atoms with Crippen LogP contribution in [0.2, 0.25) is 0 Å². The van der Waals surface area contributed by atoms with Crippen molar-refractivity contribution in [2.45, 2.75) is 45.4 Å². The first-order valence-electron chi connectivity index (χ1n) is 17.8. The van der Waals surface area contributed by atoms with E-state index in [-0.39, 0.29) is 17.8 Å². The Morgan fingerprint density at radius 1 is 0.981 bits per heavy atom. The molecule has 0 aliphatic carbocycles. The number of aliphatic hydroxyl groups excluding tert-OH is 1. The van der Waals surface area contributed by atoms with Crippen molar-refractivity contribution in [1.82, 2.24) is 39.5 Å². The summed E-state index contributed by atoms with van der Waals surface area (Å²) in [5.74, 6) is -0.346. The second-order valence-electron chi connectivity index (χ2n) is 13.9. The highest BCUT2D eigenvalue weighted by atomic mass is 19.3. The lowest BCUT2D eigenvalue weighted by atomic mass is 9.96. The van der Waals surface area contributed by atoms with Gasteiger partial charge in [-0.15, -0.1) is 0 Å². The number of nitrogens with zero attached hydrogens (tertiary/aromatic N) is 8. The molecule has 3 N–H and O–H groups in total. The molecule has 6 heterocycles. The number of hydrogen-bond acceptors (Lipinski definition) is 11. The van der Waals surface area contributed by atoms with E-state index >= 15 is 0 Å². The van der Waals surface area contributed by atoms with Gasteiger partial charge >= 0.3 is 5.97 Å². The van der Waals surface area contributed by atoms with Gasteiger partial charge in [-0.1, -0.05) is 24.3 Å². The van der Waals surface area contributed by atoms with Gasteiger partial charge in [0.15, 0.2) is 17.5 Å². The van der Waals surface area contributed by atoms with Gasteiger partial charge in [0.25, 0.3) is 6.43 Å². The molecule has 8 rings (SSSR count). The molecule has 6 aromatic rings. The number of benzene rings is 2. The smallest absolute Gasteiger partial charge is 0.307 e. The van der Waals surface area contributed by atoms with Crippen molar-refractivity contribution in [3.8, 4) is 22.7 Å². The Balaban J connectivity index is 1.09. The van der Waals surface area contributed by atoms with Crippen LogP contribution in [0.25, 0.3) is 38.9 Å². The van der Waals surface area contributed by atoms with Crippen molar-refractivity contribution in [2.24, 2.45) is 5.92 Å². The molecule has 0 spiro atoms. The predicted octanol–water partition coefficient (Wildman–Crippen LogP) is 5.90. The Morgan fingerprint density at radius 2 is 1.78 bits per heavy atom. The molecule has 2 atom stereocenters. The molecule has 0 unspecified atom stereocenters. The minimum absolute atomic E-state index is 0.180. The van der Waals surface area contributed by atoms with Gasteiger partial charge in [-0.2, -0.15) is 5.10 Å². The number of nitrogens with one attached hydrogen (secondary N) is 1. The third-order valence-electron chi connectivity index (χ3n) is 10.3. The normalized spacial score (nSPS) is 18.0. The number of aliphatic carboxylic acids is 1. The average Bonchev–Trinajstić information content (AvgIpc) is 3.93. The number of methoxy groups -OCH3 is 1. The fraction of sp³-hybridized carbons (Fsp3) is 0.333. The van der Waals surface area contributed by atoms with Gasteiger partial charge in [-0.25, -0.2) is 28.4 Å². The number of fused-ring (bicyclic) bond motifs is 2. The first-order chi connectivity index (χ1) is 26.1. The van der Waals surface area contributed by atoms with Crippen LogP contribution in [0.5, 0.6) is 5.75 Å². The summed E-state index contributed by atoms with van der Waals surface area (Å²) in [6, 6.07) is 15.3. The average molecular weight is 736 g/mol. The molecular formula is C39H39F2N9O4. The van der Waals surface area contributed by atoms with Gasteiger partial charge in [0.1, 0.15) is 11.3 Å². The number of hydrogen-bond donors (Lipinski definition) is 3. The lowest BCUT2D eigenvalue weighted by molar-refractivity contribution is -0.141. The molecule has 15 heteroatoms. The van der Waals surface area contributed by atoms with E-state index in [9.17, 15) is 23.8 Å². The third kappa shape index (κ3) is 6.93. The number of β-amino-alcohol motifs (C(OH)–C–C–N with tert-alkyl or cyclic N) is 1. The van der Waals surface area contributed by atoms with Crippen molar-refractivity contribution in [2.75, 3.05) is 38.6 Å². The molecule has 2 aliphatic heterocycles. The fourth-order valence-corrected chi connectivity index (χ4v) is 7.52. The number of carbonyl (C=O) groups is 1. The fourth-order valence-electron chi connectivity index (χ4n) is 7.52. The number of alkyl halides is 2. The lowest BCUT2D eigenvalue weighted by Crippen LogP contribution is -2.23. The number of ether oxygens (including phenoxy) is 1. The van der Waals surface area contributed by atoms with Gasteiger partial charge in [-0.05, 0) is 66.8 Å². The summed E-state index contributed by atoms with van der Waals surface area (Å²) >= 11 is 0. The van der Waals surface area contributed by atoms with E-state index in [2.05, 4.69) is 30.1 Å². The second-order valence-corrected chi connectivity index (χ2v) is 13.9. The number of halogens is 2. The van der Waals surface area contributed by atoms with Gasteiger partial charge in [0, 0.05) is 67.8 Å². The lowest BCUT2D eigenvalue weighted by Gasteiger charge is -2.18. The van der Waals surface area contributed by atoms with Crippen molar-refractivity contribution < 1.29 is 28.5 Å². The topological polar surface area (TPSA) is 155 Å². The molecule has 54 heavy (non-hydrogen) atoms. The minimum Gasteiger partial charge on any atom is -0.496 e. The van der Waals surface area contributed by atoms with Crippen LogP contribution in [0, 0.1) is 12.8 Å². The van der Waals surface area contributed by atoms with Crippen LogP contribution in [0.1, 0.15) is 41.8 Å². The molecule has 13 nitrogen and oxygen atoms in total. The molecule has 0 radical (unpaired) electrons. The number of rotatable bonds is 11. The van der Waals surface area contributed by atoms with Crippen LogP contribution in [0.4, 0.5) is 20.3 Å². The first-order valence-corrected chi connectivity index (χ1v) is 17.8. The van der Waals surface area contributed by atoms with Gasteiger partial charge < -0.3 is 20.3 Å². The van der Waals surface area contributed by atoms with Crippen molar-refractivity contribution in [1.29, 1.82) is 0 Å². The first kappa shape index (κ1) is 35.4. The predicted molar refractivity (Wildman–Crippen MR) is 198 cm³/mol. The van der Waals surface area contributed by atoms with Crippen LogP contribution in [-0.2, 0) is 17.9 Å². The third-order valence-corrected chi connectivity index (χ3v) is 10.3. The van der Waals surface area contributed by atoms with Crippen LogP contribution < -0.4 is 10.1 Å². The Morgan fingerprint density at radius 3 is 2.54 bits per heavy atom. The molecule has 2 aromatic carbocycles. The quantitative estimate of drug-likeness (QED) is 0.145. The maximum absolute atomic E-state index is 14.1. The highest BCUT2D eigenvalue weighted by Gasteiger charge is 2.29. The molecule has 2 saturated heterocycles. The van der Waals surface area contributed by atoms with E-state index < -0.39 is 18.2 Å². The Labute approximate surface area is 309 Å². The Hall–Kier alpha value is -5.64. The van der Waals surface area contributed by atoms with Crippen molar-refractivity contribution in [3.63, 3.8) is 0 Å². The van der Waals surface area contributed by atoms with E-state index in [4.69, 9.17) is 14.8 Å². The Kier molecular flexibility index (Phi) is 9.60. The van der Waals surface area contributed by atoms with Crippen LogP contribution in [0.15, 0.2) is 67.1 Å². The zero-order valence-electron chi connectivity index (χ0n) is 29.8. The maximum Gasteiger partial charge on any atom is 0.307 e. The largest absolute Gasteiger partial charge is 0.496 e. The van der Waals surface area contributed by atoms with E-state index in [0.717, 1.165) is 45.3 Å². The zero-order valence-corrected chi connectivity index (χ0v) is 29.8. The zero-order chi connectivity index (χ0) is 37.5. The SMILES string of the molecule is COc1cc(-n2ncc3c(-c4cccc(Nc5nc(C(F)F)nc6cc(CN7CC[C@@H](O)C7)cnc56)c4C)cccc32)ncc1CN1CC[C@@H](C(=O)O)C1. The van der Waals surface area contributed by atoms with Crippen molar-refractivity contribution in [3.05, 3.63) is 89.6 Å². The molecule has 0 bridgehead atoms. The molecular weight excluding hydrogens is 696 g/mol. The summed E-state index contributed by atoms with van der Waals surface area (Å²) in [5.41, 5.74) is 6.54. The number of anilines is 2. The van der Waals surface area contributed by atoms with Crippen LogP contribution in [-0.4, -0.2) is 95.1 Å². The summed E-state index contributed by atoms with van der Waals surface area (Å²) in [5, 5.41) is 28.2. The standard InChI is InChI=1S/C39H39F2N9O4/c1-22-27(5-3-7-30(22)45-37-35-31(46-38(47-37)36(40)41)13-23(15-43-35)18-48-12-10-26(51)21-48)28-6-4-8-32-29(28)17-44-50(32)34-14-33(54-2)25(16-42-34)20-49-11-9-24(19-49)39(52)53/h3-8,13-17,24,26,36,51H,9-12,18-21H2,1-2H3,(H,52,53)(H,45,46,47)/t24-,26-/m1/s1. The molecule has 2 aliphatic rings. The minimum atomic E-state index is -2.88. The highest BCUT2D eigenvalue weighted by molar-refractivity contribution is 5.97. The summed E-state index contributed by atoms with van der Waals surface area (Å²) in [4.78, 5) is 33.3. The van der Waals surface area contributed by atoms with E-state index in [0.29, 0.717) is 73.9 Å². The molecule has 0 saturated carbocycles. The monoisotopic (exact) mass is 735 g/mol.